The SMILES string of the molecule is CCC1CCCC(C(Cc2cccc(F)c2)C(=O)O)C1. The van der Waals surface area contributed by atoms with Crippen molar-refractivity contribution in [3.05, 3.63) is 35.6 Å². The number of benzene rings is 1. The number of hydrogen-bond donors (Lipinski definition) is 1. The minimum atomic E-state index is -0.740. The number of halogens is 1. The monoisotopic (exact) mass is 278 g/mol. The second kappa shape index (κ2) is 6.87. The maximum Gasteiger partial charge on any atom is 0.307 e. The van der Waals surface area contributed by atoms with Crippen LogP contribution in [0.15, 0.2) is 24.3 Å². The molecule has 0 aromatic heterocycles. The fourth-order valence-corrected chi connectivity index (χ4v) is 3.44. The fourth-order valence-electron chi connectivity index (χ4n) is 3.44. The second-order valence-corrected chi connectivity index (χ2v) is 5.98. The standard InChI is InChI=1S/C17H23FO2/c1-2-12-5-3-7-14(9-12)16(17(19)20)11-13-6-4-8-15(18)10-13/h4,6,8,10,12,14,16H,2-3,5,7,9,11H2,1H3,(H,19,20). The van der Waals surface area contributed by atoms with Crippen LogP contribution in [-0.4, -0.2) is 11.1 Å². The van der Waals surface area contributed by atoms with E-state index in [0.717, 1.165) is 31.2 Å². The summed E-state index contributed by atoms with van der Waals surface area (Å²) >= 11 is 0. The quantitative estimate of drug-likeness (QED) is 0.872. The molecule has 3 heteroatoms. The molecule has 3 atom stereocenters. The summed E-state index contributed by atoms with van der Waals surface area (Å²) in [6.45, 7) is 2.18. The van der Waals surface area contributed by atoms with Crippen LogP contribution in [0.25, 0.3) is 0 Å². The Morgan fingerprint density at radius 2 is 2.25 bits per heavy atom. The first kappa shape index (κ1) is 15.0. The number of carboxylic acids is 1. The molecule has 0 saturated heterocycles. The molecule has 1 aliphatic carbocycles. The molecule has 1 fully saturated rings. The molecule has 1 N–H and O–H groups in total. The molecule has 1 aromatic rings. The highest BCUT2D eigenvalue weighted by atomic mass is 19.1. The Hall–Kier alpha value is -1.38. The Morgan fingerprint density at radius 1 is 1.45 bits per heavy atom. The molecule has 3 unspecified atom stereocenters. The summed E-state index contributed by atoms with van der Waals surface area (Å²) in [5, 5.41) is 9.52. The van der Waals surface area contributed by atoms with E-state index in [1.807, 2.05) is 6.07 Å². The van der Waals surface area contributed by atoms with Crippen molar-refractivity contribution >= 4 is 5.97 Å². The van der Waals surface area contributed by atoms with E-state index in [0.29, 0.717) is 12.3 Å². The van der Waals surface area contributed by atoms with E-state index < -0.39 is 5.97 Å². The molecule has 0 aliphatic heterocycles. The van der Waals surface area contributed by atoms with Gasteiger partial charge in [-0.3, -0.25) is 4.79 Å². The molecular weight excluding hydrogens is 255 g/mol. The zero-order chi connectivity index (χ0) is 14.5. The molecule has 1 aliphatic rings. The van der Waals surface area contributed by atoms with Gasteiger partial charge in [-0.2, -0.15) is 0 Å². The van der Waals surface area contributed by atoms with Crippen molar-refractivity contribution < 1.29 is 14.3 Å². The normalized spacial score (nSPS) is 24.3. The van der Waals surface area contributed by atoms with E-state index in [2.05, 4.69) is 6.92 Å². The molecule has 1 saturated carbocycles. The van der Waals surface area contributed by atoms with Gasteiger partial charge in [-0.15, -0.1) is 0 Å². The van der Waals surface area contributed by atoms with Crippen LogP contribution in [0.1, 0.15) is 44.6 Å². The van der Waals surface area contributed by atoms with Crippen molar-refractivity contribution in [2.75, 3.05) is 0 Å². The molecule has 0 spiro atoms. The van der Waals surface area contributed by atoms with Crippen LogP contribution in [0.5, 0.6) is 0 Å². The minimum Gasteiger partial charge on any atom is -0.481 e. The smallest absolute Gasteiger partial charge is 0.307 e. The molecule has 0 amide bonds. The lowest BCUT2D eigenvalue weighted by Crippen LogP contribution is -2.30. The van der Waals surface area contributed by atoms with E-state index in [1.165, 1.54) is 18.6 Å². The van der Waals surface area contributed by atoms with Crippen molar-refractivity contribution in [3.63, 3.8) is 0 Å². The topological polar surface area (TPSA) is 37.3 Å². The molecule has 0 bridgehead atoms. The molecule has 0 radical (unpaired) electrons. The number of carbonyl (C=O) groups is 1. The Labute approximate surface area is 120 Å². The predicted octanol–water partition coefficient (Wildman–Crippen LogP) is 4.29. The first-order valence-corrected chi connectivity index (χ1v) is 7.57. The van der Waals surface area contributed by atoms with Gasteiger partial charge < -0.3 is 5.11 Å². The first-order valence-electron chi connectivity index (χ1n) is 7.57. The average Bonchev–Trinajstić information content (AvgIpc) is 2.44. The zero-order valence-electron chi connectivity index (χ0n) is 12.0. The predicted molar refractivity (Wildman–Crippen MR) is 77.0 cm³/mol. The largest absolute Gasteiger partial charge is 0.481 e. The minimum absolute atomic E-state index is 0.231. The van der Waals surface area contributed by atoms with Crippen molar-refractivity contribution in [2.45, 2.75) is 45.4 Å². The lowest BCUT2D eigenvalue weighted by atomic mass is 9.72. The van der Waals surface area contributed by atoms with E-state index in [-0.39, 0.29) is 17.7 Å². The third kappa shape index (κ3) is 3.81. The number of aliphatic carboxylic acids is 1. The third-order valence-electron chi connectivity index (χ3n) is 4.63. The van der Waals surface area contributed by atoms with E-state index in [1.54, 1.807) is 6.07 Å². The van der Waals surface area contributed by atoms with Gasteiger partial charge >= 0.3 is 5.97 Å². The van der Waals surface area contributed by atoms with Crippen molar-refractivity contribution in [1.82, 2.24) is 0 Å². The highest BCUT2D eigenvalue weighted by Crippen LogP contribution is 2.36. The highest BCUT2D eigenvalue weighted by molar-refractivity contribution is 5.70. The summed E-state index contributed by atoms with van der Waals surface area (Å²) in [5.74, 6) is -0.526. The Balaban J connectivity index is 2.09. The van der Waals surface area contributed by atoms with Gasteiger partial charge in [-0.1, -0.05) is 38.3 Å². The van der Waals surface area contributed by atoms with Crippen LogP contribution in [0.4, 0.5) is 4.39 Å². The van der Waals surface area contributed by atoms with Gasteiger partial charge in [0.1, 0.15) is 5.82 Å². The van der Waals surface area contributed by atoms with Gasteiger partial charge in [0.2, 0.25) is 0 Å². The van der Waals surface area contributed by atoms with Gasteiger partial charge in [0.05, 0.1) is 5.92 Å². The maximum atomic E-state index is 13.2. The van der Waals surface area contributed by atoms with Crippen LogP contribution in [0.2, 0.25) is 0 Å². The summed E-state index contributed by atoms with van der Waals surface area (Å²) in [5.41, 5.74) is 0.788. The van der Waals surface area contributed by atoms with Gasteiger partial charge in [0.25, 0.3) is 0 Å². The molecule has 1 aromatic carbocycles. The van der Waals surface area contributed by atoms with Crippen molar-refractivity contribution in [1.29, 1.82) is 0 Å². The van der Waals surface area contributed by atoms with Crippen molar-refractivity contribution in [3.8, 4) is 0 Å². The lowest BCUT2D eigenvalue weighted by molar-refractivity contribution is -0.144. The van der Waals surface area contributed by atoms with Crippen LogP contribution >= 0.6 is 0 Å². The number of rotatable bonds is 5. The van der Waals surface area contributed by atoms with Gasteiger partial charge in [-0.05, 0) is 48.8 Å². The van der Waals surface area contributed by atoms with Crippen LogP contribution in [-0.2, 0) is 11.2 Å². The van der Waals surface area contributed by atoms with Crippen LogP contribution in [0, 0.1) is 23.6 Å². The summed E-state index contributed by atoms with van der Waals surface area (Å²) in [7, 11) is 0. The second-order valence-electron chi connectivity index (χ2n) is 5.98. The molecule has 110 valence electrons. The number of carboxylic acid groups (broad SMARTS) is 1. The number of hydrogen-bond acceptors (Lipinski definition) is 1. The summed E-state index contributed by atoms with van der Waals surface area (Å²) < 4.78 is 13.2. The first-order chi connectivity index (χ1) is 9.60. The molecule has 2 rings (SSSR count). The Bertz CT molecular complexity index is 458. The lowest BCUT2D eigenvalue weighted by Gasteiger charge is -2.32. The van der Waals surface area contributed by atoms with Gasteiger partial charge in [0.15, 0.2) is 0 Å². The van der Waals surface area contributed by atoms with Crippen molar-refractivity contribution in [2.24, 2.45) is 17.8 Å². The van der Waals surface area contributed by atoms with E-state index in [9.17, 15) is 14.3 Å². The molecule has 2 nitrogen and oxygen atoms in total. The summed E-state index contributed by atoms with van der Waals surface area (Å²) in [6.07, 6.45) is 5.90. The van der Waals surface area contributed by atoms with E-state index >= 15 is 0 Å². The summed E-state index contributed by atoms with van der Waals surface area (Å²) in [4.78, 5) is 11.6. The average molecular weight is 278 g/mol. The van der Waals surface area contributed by atoms with Gasteiger partial charge in [0, 0.05) is 0 Å². The molecule has 0 heterocycles. The molecule has 20 heavy (non-hydrogen) atoms. The fraction of sp³-hybridized carbons (Fsp3) is 0.588. The zero-order valence-corrected chi connectivity index (χ0v) is 12.0. The Morgan fingerprint density at radius 3 is 2.90 bits per heavy atom. The van der Waals surface area contributed by atoms with Crippen LogP contribution in [0.3, 0.4) is 0 Å². The highest BCUT2D eigenvalue weighted by Gasteiger charge is 2.32. The summed E-state index contributed by atoms with van der Waals surface area (Å²) in [6, 6.07) is 6.32. The maximum absolute atomic E-state index is 13.2. The van der Waals surface area contributed by atoms with E-state index in [4.69, 9.17) is 0 Å². The van der Waals surface area contributed by atoms with Gasteiger partial charge in [-0.25, -0.2) is 4.39 Å². The Kier molecular flexibility index (Phi) is 5.16. The third-order valence-corrected chi connectivity index (χ3v) is 4.63. The van der Waals surface area contributed by atoms with Crippen LogP contribution < -0.4 is 0 Å². The molecular formula is C17H23FO2.